The molecule has 0 amide bonds. The van der Waals surface area contributed by atoms with Crippen molar-refractivity contribution in [2.45, 2.75) is 19.9 Å². The van der Waals surface area contributed by atoms with Gasteiger partial charge in [0.05, 0.1) is 9.83 Å². The Bertz CT molecular complexity index is 485. The van der Waals surface area contributed by atoms with E-state index in [1.807, 2.05) is 0 Å². The molecule has 0 aliphatic carbocycles. The molecule has 1 atom stereocenters. The Labute approximate surface area is 127 Å². The van der Waals surface area contributed by atoms with Crippen molar-refractivity contribution in [3.05, 3.63) is 41.1 Å². The lowest BCUT2D eigenvalue weighted by Gasteiger charge is -2.16. The Morgan fingerprint density at radius 3 is 2.59 bits per heavy atom. The Morgan fingerprint density at radius 1 is 1.35 bits per heavy atom. The van der Waals surface area contributed by atoms with Gasteiger partial charge in [0.15, 0.2) is 0 Å². The van der Waals surface area contributed by atoms with Crippen LogP contribution in [0.25, 0.3) is 0 Å². The molecule has 1 unspecified atom stereocenters. The van der Waals surface area contributed by atoms with Crippen LogP contribution in [-0.2, 0) is 0 Å². The molecule has 0 aliphatic heterocycles. The molecule has 5 heteroatoms. The Kier molecular flexibility index (Phi) is 4.83. The van der Waals surface area contributed by atoms with Gasteiger partial charge in [-0.05, 0) is 73.3 Å². The fourth-order valence-electron chi connectivity index (χ4n) is 1.74. The molecule has 2 aromatic rings. The molecule has 0 saturated heterocycles. The summed E-state index contributed by atoms with van der Waals surface area (Å²) in [6.07, 6.45) is 0. The van der Waals surface area contributed by atoms with Crippen LogP contribution in [0.5, 0.6) is 0 Å². The predicted molar refractivity (Wildman–Crippen MR) is 84.3 cm³/mol. The van der Waals surface area contributed by atoms with Gasteiger partial charge >= 0.3 is 0 Å². The van der Waals surface area contributed by atoms with Crippen molar-refractivity contribution in [2.75, 3.05) is 6.54 Å². The Balaban J connectivity index is 2.39. The Morgan fingerprint density at radius 2 is 2.12 bits per heavy atom. The van der Waals surface area contributed by atoms with Gasteiger partial charge in [0.25, 0.3) is 0 Å². The van der Waals surface area contributed by atoms with Crippen LogP contribution in [0.15, 0.2) is 25.1 Å². The third-order valence-corrected chi connectivity index (χ3v) is 6.76. The first-order valence-corrected chi connectivity index (χ1v) is 8.68. The second-order valence-electron chi connectivity index (χ2n) is 3.77. The lowest BCUT2D eigenvalue weighted by atomic mass is 10.1. The first-order chi connectivity index (χ1) is 8.13. The summed E-state index contributed by atoms with van der Waals surface area (Å²) in [6, 6.07) is 2.50. The number of aryl methyl sites for hydroxylation is 1. The minimum Gasteiger partial charge on any atom is -0.306 e. The molecule has 0 spiro atoms. The molecule has 92 valence electrons. The maximum atomic E-state index is 3.56. The van der Waals surface area contributed by atoms with Crippen molar-refractivity contribution in [2.24, 2.45) is 0 Å². The third kappa shape index (κ3) is 3.01. The molecule has 1 N–H and O–H groups in total. The molecular weight excluding hydrogens is 382 g/mol. The van der Waals surface area contributed by atoms with E-state index in [1.165, 1.54) is 16.0 Å². The van der Waals surface area contributed by atoms with E-state index in [0.717, 1.165) is 14.8 Å². The minimum atomic E-state index is 0.304. The van der Waals surface area contributed by atoms with Crippen molar-refractivity contribution < 1.29 is 0 Å². The average Bonchev–Trinajstić information content (AvgIpc) is 2.83. The van der Waals surface area contributed by atoms with Gasteiger partial charge in [0, 0.05) is 9.35 Å². The number of hydrogen-bond acceptors (Lipinski definition) is 3. The molecule has 2 aromatic heterocycles. The summed E-state index contributed by atoms with van der Waals surface area (Å²) in [5.41, 5.74) is 2.75. The van der Waals surface area contributed by atoms with Crippen molar-refractivity contribution in [3.63, 3.8) is 0 Å². The molecule has 0 saturated carbocycles. The van der Waals surface area contributed by atoms with Gasteiger partial charge < -0.3 is 5.32 Å². The monoisotopic (exact) mass is 393 g/mol. The van der Waals surface area contributed by atoms with Crippen LogP contribution in [0.4, 0.5) is 0 Å². The van der Waals surface area contributed by atoms with Gasteiger partial charge in [-0.15, -0.1) is 11.3 Å². The number of thiophene rings is 2. The molecule has 2 heterocycles. The van der Waals surface area contributed by atoms with Gasteiger partial charge in [0.2, 0.25) is 0 Å². The molecule has 0 radical (unpaired) electrons. The zero-order valence-corrected chi connectivity index (χ0v) is 14.4. The molecule has 0 bridgehead atoms. The van der Waals surface area contributed by atoms with Crippen LogP contribution in [0.3, 0.4) is 0 Å². The third-order valence-electron chi connectivity index (χ3n) is 2.56. The summed E-state index contributed by atoms with van der Waals surface area (Å²) in [5.74, 6) is 0. The topological polar surface area (TPSA) is 12.0 Å². The van der Waals surface area contributed by atoms with Gasteiger partial charge in [0.1, 0.15) is 0 Å². The van der Waals surface area contributed by atoms with E-state index in [-0.39, 0.29) is 0 Å². The minimum absolute atomic E-state index is 0.304. The van der Waals surface area contributed by atoms with E-state index in [9.17, 15) is 0 Å². The summed E-state index contributed by atoms with van der Waals surface area (Å²) in [6.45, 7) is 5.29. The maximum Gasteiger partial charge on any atom is 0.0843 e. The average molecular weight is 395 g/mol. The first kappa shape index (κ1) is 13.7. The van der Waals surface area contributed by atoms with Crippen LogP contribution in [0, 0.1) is 6.92 Å². The van der Waals surface area contributed by atoms with E-state index in [4.69, 9.17) is 0 Å². The zero-order chi connectivity index (χ0) is 12.4. The van der Waals surface area contributed by atoms with Gasteiger partial charge in [-0.2, -0.15) is 11.3 Å². The first-order valence-electron chi connectivity index (χ1n) is 5.34. The second kappa shape index (κ2) is 5.97. The molecule has 0 aromatic carbocycles. The van der Waals surface area contributed by atoms with Gasteiger partial charge in [-0.3, -0.25) is 0 Å². The Hall–Kier alpha value is 0.320. The van der Waals surface area contributed by atoms with Gasteiger partial charge in [-0.25, -0.2) is 0 Å². The van der Waals surface area contributed by atoms with E-state index in [2.05, 4.69) is 67.9 Å². The van der Waals surface area contributed by atoms with Crippen molar-refractivity contribution in [1.29, 1.82) is 0 Å². The molecule has 0 fully saturated rings. The number of rotatable bonds is 4. The highest BCUT2D eigenvalue weighted by atomic mass is 79.9. The van der Waals surface area contributed by atoms with Crippen LogP contribution < -0.4 is 5.32 Å². The highest BCUT2D eigenvalue weighted by Gasteiger charge is 2.19. The van der Waals surface area contributed by atoms with Crippen LogP contribution in [0.1, 0.15) is 29.0 Å². The molecule has 1 nitrogen and oxygen atoms in total. The molecular formula is C12H13Br2NS2. The zero-order valence-electron chi connectivity index (χ0n) is 9.59. The van der Waals surface area contributed by atoms with Crippen molar-refractivity contribution in [1.82, 2.24) is 5.32 Å². The summed E-state index contributed by atoms with van der Waals surface area (Å²) < 4.78 is 2.29. The summed E-state index contributed by atoms with van der Waals surface area (Å²) in [4.78, 5) is 1.34. The number of halogens is 2. The van der Waals surface area contributed by atoms with Crippen molar-refractivity contribution >= 4 is 54.5 Å². The summed E-state index contributed by atoms with van der Waals surface area (Å²) in [5, 5.41) is 8.00. The quantitative estimate of drug-likeness (QED) is 0.737. The lowest BCUT2D eigenvalue weighted by Crippen LogP contribution is -2.21. The van der Waals surface area contributed by atoms with Crippen LogP contribution >= 0.6 is 54.5 Å². The lowest BCUT2D eigenvalue weighted by molar-refractivity contribution is 0.638. The van der Waals surface area contributed by atoms with Crippen molar-refractivity contribution in [3.8, 4) is 0 Å². The summed E-state index contributed by atoms with van der Waals surface area (Å²) in [7, 11) is 0. The highest BCUT2D eigenvalue weighted by molar-refractivity contribution is 9.13. The molecule has 2 rings (SSSR count). The van der Waals surface area contributed by atoms with Gasteiger partial charge in [-0.1, -0.05) is 6.92 Å². The second-order valence-corrected chi connectivity index (χ2v) is 7.77. The highest BCUT2D eigenvalue weighted by Crippen LogP contribution is 2.38. The van der Waals surface area contributed by atoms with E-state index >= 15 is 0 Å². The van der Waals surface area contributed by atoms with Crippen LogP contribution in [-0.4, -0.2) is 6.54 Å². The number of hydrogen-bond donors (Lipinski definition) is 1. The van der Waals surface area contributed by atoms with E-state index < -0.39 is 0 Å². The standard InChI is InChI=1S/C12H13Br2NS2/c1-3-15-11(8-6-16-5-7(8)2)10-4-9(13)12(14)17-10/h4-6,11,15H,3H2,1-2H3. The van der Waals surface area contributed by atoms with E-state index in [0.29, 0.717) is 6.04 Å². The molecule has 0 aliphatic rings. The predicted octanol–water partition coefficient (Wildman–Crippen LogP) is 5.34. The normalized spacial score (nSPS) is 12.9. The fraction of sp³-hybridized carbons (Fsp3) is 0.333. The summed E-state index contributed by atoms with van der Waals surface area (Å²) >= 11 is 10.7. The number of nitrogens with one attached hydrogen (secondary N) is 1. The van der Waals surface area contributed by atoms with Crippen LogP contribution in [0.2, 0.25) is 0 Å². The fourth-order valence-corrected chi connectivity index (χ4v) is 4.80. The largest absolute Gasteiger partial charge is 0.306 e. The molecule has 17 heavy (non-hydrogen) atoms. The SMILES string of the molecule is CCNC(c1cc(Br)c(Br)s1)c1cscc1C. The smallest absolute Gasteiger partial charge is 0.0843 e. The van der Waals surface area contributed by atoms with E-state index in [1.54, 1.807) is 22.7 Å². The maximum absolute atomic E-state index is 3.56.